The average Bonchev–Trinajstić information content (AvgIpc) is 2.40. The highest BCUT2D eigenvalue weighted by Gasteiger charge is 2.17. The third-order valence-electron chi connectivity index (χ3n) is 2.70. The maximum Gasteiger partial charge on any atom is 0.394 e. The monoisotopic (exact) mass is 261 g/mol. The van der Waals surface area contributed by atoms with E-state index in [9.17, 15) is 14.9 Å². The Balaban J connectivity index is 3.21. The van der Waals surface area contributed by atoms with E-state index in [4.69, 9.17) is 5.11 Å². The third kappa shape index (κ3) is 3.22. The fourth-order valence-electron chi connectivity index (χ4n) is 1.77. The van der Waals surface area contributed by atoms with Gasteiger partial charge in [-0.3, -0.25) is 4.79 Å². The van der Waals surface area contributed by atoms with E-state index in [1.54, 1.807) is 12.1 Å². The average molecular weight is 261 g/mol. The van der Waals surface area contributed by atoms with Crippen molar-refractivity contribution in [3.63, 3.8) is 0 Å². The minimum atomic E-state index is -1.59. The van der Waals surface area contributed by atoms with Crippen molar-refractivity contribution in [3.05, 3.63) is 23.8 Å². The minimum Gasteiger partial charge on any atom is -0.474 e. The molecule has 100 valence electrons. The van der Waals surface area contributed by atoms with Crippen LogP contribution in [0.5, 0.6) is 0 Å². The molecule has 6 heteroatoms. The molecule has 0 aliphatic heterocycles. The van der Waals surface area contributed by atoms with E-state index >= 15 is 0 Å². The first kappa shape index (κ1) is 14.5. The molecule has 2 N–H and O–H groups in total. The van der Waals surface area contributed by atoms with E-state index in [1.165, 1.54) is 6.07 Å². The summed E-state index contributed by atoms with van der Waals surface area (Å²) >= 11 is 0. The number of anilines is 2. The SMILES string of the molecule is CCN(CC)c1cccc(NC(=O)C(=O)O)c1C#N. The van der Waals surface area contributed by atoms with Gasteiger partial charge in [-0.05, 0) is 26.0 Å². The molecule has 0 unspecified atom stereocenters. The first-order valence-electron chi connectivity index (χ1n) is 5.87. The smallest absolute Gasteiger partial charge is 0.394 e. The molecule has 0 saturated carbocycles. The topological polar surface area (TPSA) is 93.4 Å². The van der Waals surface area contributed by atoms with Crippen LogP contribution in [0.3, 0.4) is 0 Å². The summed E-state index contributed by atoms with van der Waals surface area (Å²) in [6, 6.07) is 6.95. The Hall–Kier alpha value is -2.55. The third-order valence-corrected chi connectivity index (χ3v) is 2.70. The summed E-state index contributed by atoms with van der Waals surface area (Å²) in [4.78, 5) is 23.6. The van der Waals surface area contributed by atoms with Crippen molar-refractivity contribution in [2.75, 3.05) is 23.3 Å². The number of rotatable bonds is 4. The van der Waals surface area contributed by atoms with Crippen LogP contribution in [0.4, 0.5) is 11.4 Å². The van der Waals surface area contributed by atoms with Gasteiger partial charge in [0.1, 0.15) is 6.07 Å². The Bertz CT molecular complexity index is 530. The zero-order valence-corrected chi connectivity index (χ0v) is 10.8. The van der Waals surface area contributed by atoms with Crippen molar-refractivity contribution < 1.29 is 14.7 Å². The number of amides is 1. The molecule has 0 heterocycles. The van der Waals surface area contributed by atoms with E-state index in [0.29, 0.717) is 18.8 Å². The van der Waals surface area contributed by atoms with E-state index in [2.05, 4.69) is 5.32 Å². The van der Waals surface area contributed by atoms with Crippen molar-refractivity contribution in [1.82, 2.24) is 0 Å². The number of hydrogen-bond acceptors (Lipinski definition) is 4. The molecule has 0 aliphatic rings. The lowest BCUT2D eigenvalue weighted by Gasteiger charge is -2.23. The van der Waals surface area contributed by atoms with Crippen molar-refractivity contribution in [2.24, 2.45) is 0 Å². The largest absolute Gasteiger partial charge is 0.474 e. The second-order valence-corrected chi connectivity index (χ2v) is 3.74. The number of aliphatic carboxylic acids is 1. The molecule has 0 fully saturated rings. The highest BCUT2D eigenvalue weighted by molar-refractivity contribution is 6.36. The van der Waals surface area contributed by atoms with Crippen molar-refractivity contribution in [2.45, 2.75) is 13.8 Å². The molecule has 0 saturated heterocycles. The van der Waals surface area contributed by atoms with Crippen LogP contribution in [0.25, 0.3) is 0 Å². The van der Waals surface area contributed by atoms with Crippen molar-refractivity contribution >= 4 is 23.3 Å². The number of carbonyl (C=O) groups excluding carboxylic acids is 1. The summed E-state index contributed by atoms with van der Waals surface area (Å²) in [5.74, 6) is -2.75. The Morgan fingerprint density at radius 2 is 2.00 bits per heavy atom. The van der Waals surface area contributed by atoms with E-state index in [1.807, 2.05) is 24.8 Å². The number of nitrogens with one attached hydrogen (secondary N) is 1. The van der Waals surface area contributed by atoms with Gasteiger partial charge in [-0.15, -0.1) is 0 Å². The first-order chi connectivity index (χ1) is 9.04. The second-order valence-electron chi connectivity index (χ2n) is 3.74. The molecule has 1 aromatic rings. The van der Waals surface area contributed by atoms with Gasteiger partial charge in [0.05, 0.1) is 16.9 Å². The molecule has 1 aromatic carbocycles. The summed E-state index contributed by atoms with van der Waals surface area (Å²) in [7, 11) is 0. The van der Waals surface area contributed by atoms with Crippen LogP contribution in [0.1, 0.15) is 19.4 Å². The van der Waals surface area contributed by atoms with Gasteiger partial charge >= 0.3 is 11.9 Å². The van der Waals surface area contributed by atoms with Crippen LogP contribution in [-0.2, 0) is 9.59 Å². The van der Waals surface area contributed by atoms with Gasteiger partial charge < -0.3 is 15.3 Å². The maximum absolute atomic E-state index is 11.2. The summed E-state index contributed by atoms with van der Waals surface area (Å²) in [5, 5.41) is 20.0. The number of carboxylic acid groups (broad SMARTS) is 1. The summed E-state index contributed by atoms with van der Waals surface area (Å²) in [5.41, 5.74) is 1.15. The molecule has 6 nitrogen and oxygen atoms in total. The van der Waals surface area contributed by atoms with Crippen molar-refractivity contribution in [3.8, 4) is 6.07 Å². The second kappa shape index (κ2) is 6.40. The highest BCUT2D eigenvalue weighted by Crippen LogP contribution is 2.26. The Morgan fingerprint density at radius 3 is 2.47 bits per heavy atom. The van der Waals surface area contributed by atoms with Crippen molar-refractivity contribution in [1.29, 1.82) is 5.26 Å². The van der Waals surface area contributed by atoms with Crippen LogP contribution in [0.15, 0.2) is 18.2 Å². The number of nitrogens with zero attached hydrogens (tertiary/aromatic N) is 2. The number of hydrogen-bond donors (Lipinski definition) is 2. The Kier molecular flexibility index (Phi) is 4.89. The lowest BCUT2D eigenvalue weighted by Crippen LogP contribution is -2.25. The predicted molar refractivity (Wildman–Crippen MR) is 71.0 cm³/mol. The summed E-state index contributed by atoms with van der Waals surface area (Å²) < 4.78 is 0. The van der Waals surface area contributed by atoms with Crippen LogP contribution in [0.2, 0.25) is 0 Å². The lowest BCUT2D eigenvalue weighted by molar-refractivity contribution is -0.147. The van der Waals surface area contributed by atoms with Gasteiger partial charge in [0.2, 0.25) is 0 Å². The fourth-order valence-corrected chi connectivity index (χ4v) is 1.77. The van der Waals surface area contributed by atoms with Gasteiger partial charge in [-0.25, -0.2) is 4.79 Å². The molecule has 19 heavy (non-hydrogen) atoms. The van der Waals surface area contributed by atoms with Crippen LogP contribution in [-0.4, -0.2) is 30.1 Å². The van der Waals surface area contributed by atoms with E-state index < -0.39 is 11.9 Å². The van der Waals surface area contributed by atoms with Gasteiger partial charge in [0.25, 0.3) is 0 Å². The zero-order valence-electron chi connectivity index (χ0n) is 10.8. The maximum atomic E-state index is 11.2. The molecule has 1 rings (SSSR count). The lowest BCUT2D eigenvalue weighted by atomic mass is 10.1. The molecular weight excluding hydrogens is 246 g/mol. The van der Waals surface area contributed by atoms with Crippen LogP contribution >= 0.6 is 0 Å². The standard InChI is InChI=1S/C13H15N3O3/c1-3-16(4-2)11-7-5-6-10(9(11)8-14)15-12(17)13(18)19/h5-7H,3-4H2,1-2H3,(H,15,17)(H,18,19). The zero-order chi connectivity index (χ0) is 14.4. The van der Waals surface area contributed by atoms with Crippen LogP contribution in [0, 0.1) is 11.3 Å². The predicted octanol–water partition coefficient (Wildman–Crippen LogP) is 1.43. The summed E-state index contributed by atoms with van der Waals surface area (Å²) in [6.07, 6.45) is 0. The number of benzene rings is 1. The number of nitriles is 1. The number of carbonyl (C=O) groups is 2. The number of carboxylic acids is 1. The molecule has 0 radical (unpaired) electrons. The van der Waals surface area contributed by atoms with Gasteiger partial charge in [-0.1, -0.05) is 6.07 Å². The molecular formula is C13H15N3O3. The molecule has 0 aromatic heterocycles. The van der Waals surface area contributed by atoms with Gasteiger partial charge in [-0.2, -0.15) is 5.26 Å². The molecule has 1 amide bonds. The van der Waals surface area contributed by atoms with E-state index in [-0.39, 0.29) is 11.3 Å². The Labute approximate surface area is 111 Å². The fraction of sp³-hybridized carbons (Fsp3) is 0.308. The molecule has 0 bridgehead atoms. The molecule has 0 spiro atoms. The molecule has 0 atom stereocenters. The first-order valence-corrected chi connectivity index (χ1v) is 5.87. The van der Waals surface area contributed by atoms with E-state index in [0.717, 1.165) is 0 Å². The quantitative estimate of drug-likeness (QED) is 0.800. The minimum absolute atomic E-state index is 0.208. The van der Waals surface area contributed by atoms with Crippen LogP contribution < -0.4 is 10.2 Å². The Morgan fingerprint density at radius 1 is 1.37 bits per heavy atom. The van der Waals surface area contributed by atoms with Gasteiger partial charge in [0.15, 0.2) is 0 Å². The van der Waals surface area contributed by atoms with Gasteiger partial charge in [0, 0.05) is 13.1 Å². The molecule has 0 aliphatic carbocycles. The summed E-state index contributed by atoms with van der Waals surface area (Å²) in [6.45, 7) is 5.32. The highest BCUT2D eigenvalue weighted by atomic mass is 16.4. The normalized spacial score (nSPS) is 9.53.